The number of piperidine rings is 1. The fourth-order valence-electron chi connectivity index (χ4n) is 5.01. The van der Waals surface area contributed by atoms with Crippen LogP contribution in [0.4, 0.5) is 5.69 Å². The summed E-state index contributed by atoms with van der Waals surface area (Å²) in [5.74, 6) is 0.274. The van der Waals surface area contributed by atoms with Gasteiger partial charge >= 0.3 is 0 Å². The predicted molar refractivity (Wildman–Crippen MR) is 157 cm³/mol. The number of halogens is 2. The van der Waals surface area contributed by atoms with E-state index in [2.05, 4.69) is 29.5 Å². The number of hydrogen-bond acceptors (Lipinski definition) is 8. The molecule has 0 bridgehead atoms. The maximum atomic E-state index is 14.1. The molecule has 0 spiro atoms. The second-order valence-electron chi connectivity index (χ2n) is 9.99. The number of morpholine rings is 1. The Morgan fingerprint density at radius 1 is 1.29 bits per heavy atom. The summed E-state index contributed by atoms with van der Waals surface area (Å²) in [6.07, 6.45) is 3.20. The number of aromatic nitrogens is 1. The first-order chi connectivity index (χ1) is 17.5. The molecule has 2 amide bonds. The summed E-state index contributed by atoms with van der Waals surface area (Å²) in [7, 11) is 1.69. The molecule has 0 saturated carbocycles. The zero-order chi connectivity index (χ0) is 25.5. The van der Waals surface area contributed by atoms with Crippen molar-refractivity contribution in [2.24, 2.45) is 11.8 Å². The highest BCUT2D eigenvalue weighted by atomic mass is 35.5. The lowest BCUT2D eigenvalue weighted by molar-refractivity contribution is -0.140. The van der Waals surface area contributed by atoms with Gasteiger partial charge in [-0.25, -0.2) is 0 Å². The van der Waals surface area contributed by atoms with Crippen molar-refractivity contribution in [3.8, 4) is 0 Å². The van der Waals surface area contributed by atoms with Crippen LogP contribution in [-0.2, 0) is 14.3 Å². The van der Waals surface area contributed by atoms with Gasteiger partial charge in [0.1, 0.15) is 0 Å². The van der Waals surface area contributed by atoms with E-state index in [4.69, 9.17) is 9.47 Å². The van der Waals surface area contributed by atoms with E-state index in [1.807, 2.05) is 21.2 Å². The van der Waals surface area contributed by atoms with Gasteiger partial charge in [-0.15, -0.1) is 36.2 Å². The Hall–Kier alpha value is -1.69. The molecule has 2 atom stereocenters. The average molecular weight is 591 g/mol. The van der Waals surface area contributed by atoms with E-state index < -0.39 is 0 Å². The summed E-state index contributed by atoms with van der Waals surface area (Å²) in [5, 5.41) is 8.94. The van der Waals surface area contributed by atoms with Crippen molar-refractivity contribution in [3.63, 3.8) is 0 Å². The van der Waals surface area contributed by atoms with Crippen molar-refractivity contribution in [3.05, 3.63) is 23.2 Å². The van der Waals surface area contributed by atoms with Crippen LogP contribution >= 0.6 is 36.2 Å². The van der Waals surface area contributed by atoms with Crippen LogP contribution in [0.5, 0.6) is 0 Å². The van der Waals surface area contributed by atoms with Gasteiger partial charge in [0.2, 0.25) is 5.91 Å². The molecule has 214 valence electrons. The van der Waals surface area contributed by atoms with Gasteiger partial charge in [-0.05, 0) is 30.2 Å². The van der Waals surface area contributed by atoms with E-state index in [-0.39, 0.29) is 48.6 Å². The number of thiophene rings is 1. The molecular formula is C26H41Cl2N5O4S. The quantitative estimate of drug-likeness (QED) is 0.409. The zero-order valence-electron chi connectivity index (χ0n) is 22.4. The van der Waals surface area contributed by atoms with Crippen LogP contribution in [-0.4, -0.2) is 98.8 Å². The number of carbonyl (C=O) groups excluding carboxylic acids is 2. The fourth-order valence-corrected chi connectivity index (χ4v) is 5.89. The number of carbonyl (C=O) groups is 2. The number of amides is 2. The SMILES string of the molecule is COCCCNc1c(C(=O)N(CC(C)C)[C@@H]2CNC[C@H](C(=O)N3CCOCC3)C2)cnc2ccsc12.Cl.Cl. The van der Waals surface area contributed by atoms with E-state index in [1.54, 1.807) is 24.6 Å². The second kappa shape index (κ2) is 15.8. The summed E-state index contributed by atoms with van der Waals surface area (Å²) in [6, 6.07) is 1.91. The first-order valence-electron chi connectivity index (χ1n) is 13.0. The van der Waals surface area contributed by atoms with E-state index in [1.165, 1.54) is 0 Å². The monoisotopic (exact) mass is 589 g/mol. The molecule has 0 aliphatic carbocycles. The Kier molecular flexibility index (Phi) is 13.5. The average Bonchev–Trinajstić information content (AvgIpc) is 3.39. The Morgan fingerprint density at radius 3 is 2.76 bits per heavy atom. The Labute approximate surface area is 241 Å². The number of methoxy groups -OCH3 is 1. The van der Waals surface area contributed by atoms with E-state index >= 15 is 0 Å². The fraction of sp³-hybridized carbons (Fsp3) is 0.654. The molecule has 2 aliphatic rings. The number of nitrogens with zero attached hydrogens (tertiary/aromatic N) is 3. The van der Waals surface area contributed by atoms with E-state index in [0.717, 1.165) is 22.3 Å². The van der Waals surface area contributed by atoms with Gasteiger partial charge in [-0.2, -0.15) is 0 Å². The van der Waals surface area contributed by atoms with Crippen molar-refractivity contribution in [2.45, 2.75) is 32.7 Å². The number of anilines is 1. The van der Waals surface area contributed by atoms with Gasteiger partial charge in [-0.3, -0.25) is 14.6 Å². The molecule has 2 saturated heterocycles. The largest absolute Gasteiger partial charge is 0.385 e. The third-order valence-corrected chi connectivity index (χ3v) is 7.71. The third-order valence-electron chi connectivity index (χ3n) is 6.79. The van der Waals surface area contributed by atoms with Gasteiger partial charge in [-0.1, -0.05) is 13.8 Å². The molecule has 4 rings (SSSR count). The molecule has 2 N–H and O–H groups in total. The van der Waals surface area contributed by atoms with Crippen LogP contribution in [0, 0.1) is 11.8 Å². The number of ether oxygens (including phenoxy) is 2. The van der Waals surface area contributed by atoms with E-state index in [0.29, 0.717) is 77.0 Å². The number of hydrogen-bond donors (Lipinski definition) is 2. The van der Waals surface area contributed by atoms with Gasteiger partial charge in [0, 0.05) is 65.2 Å². The number of rotatable bonds is 10. The van der Waals surface area contributed by atoms with Gasteiger partial charge < -0.3 is 29.9 Å². The molecule has 4 heterocycles. The zero-order valence-corrected chi connectivity index (χ0v) is 24.9. The molecular weight excluding hydrogens is 549 g/mol. The van der Waals surface area contributed by atoms with Crippen molar-refractivity contribution >= 4 is 63.9 Å². The maximum absolute atomic E-state index is 14.1. The van der Waals surface area contributed by atoms with Crippen molar-refractivity contribution in [1.29, 1.82) is 0 Å². The normalized spacial score (nSPS) is 19.5. The first-order valence-corrected chi connectivity index (χ1v) is 13.8. The van der Waals surface area contributed by atoms with Crippen LogP contribution in [0.3, 0.4) is 0 Å². The summed E-state index contributed by atoms with van der Waals surface area (Å²) in [5.41, 5.74) is 2.32. The lowest BCUT2D eigenvalue weighted by Crippen LogP contribution is -2.56. The molecule has 2 aromatic rings. The Bertz CT molecular complexity index is 1030. The van der Waals surface area contributed by atoms with Crippen LogP contribution < -0.4 is 10.6 Å². The lowest BCUT2D eigenvalue weighted by Gasteiger charge is -2.40. The molecule has 2 aromatic heterocycles. The molecule has 0 radical (unpaired) electrons. The van der Waals surface area contributed by atoms with E-state index in [9.17, 15) is 9.59 Å². The minimum atomic E-state index is -0.145. The molecule has 0 aromatic carbocycles. The number of fused-ring (bicyclic) bond motifs is 1. The molecule has 2 aliphatic heterocycles. The molecule has 9 nitrogen and oxygen atoms in total. The minimum absolute atomic E-state index is 0. The molecule has 0 unspecified atom stereocenters. The van der Waals surface area contributed by atoms with Crippen LogP contribution in [0.1, 0.15) is 37.0 Å². The maximum Gasteiger partial charge on any atom is 0.257 e. The second-order valence-corrected chi connectivity index (χ2v) is 10.9. The number of pyridine rings is 1. The molecule has 38 heavy (non-hydrogen) atoms. The van der Waals surface area contributed by atoms with Crippen molar-refractivity contribution in [1.82, 2.24) is 20.1 Å². The third kappa shape index (κ3) is 7.92. The summed E-state index contributed by atoms with van der Waals surface area (Å²) in [4.78, 5) is 35.8. The van der Waals surface area contributed by atoms with Crippen molar-refractivity contribution in [2.75, 3.05) is 71.5 Å². The van der Waals surface area contributed by atoms with Crippen LogP contribution in [0.15, 0.2) is 17.6 Å². The summed E-state index contributed by atoms with van der Waals surface area (Å²) < 4.78 is 11.6. The highest BCUT2D eigenvalue weighted by Crippen LogP contribution is 2.32. The smallest absolute Gasteiger partial charge is 0.257 e. The minimum Gasteiger partial charge on any atom is -0.385 e. The summed E-state index contributed by atoms with van der Waals surface area (Å²) >= 11 is 1.59. The molecule has 2 fully saturated rings. The van der Waals surface area contributed by atoms with Crippen LogP contribution in [0.25, 0.3) is 10.2 Å². The standard InChI is InChI=1S/C26H39N5O4S.2ClH/c1-18(2)17-31(20-13-19(14-27-15-20)25(32)30-7-10-35-11-8-30)26(33)21-16-29-22-5-12-36-24(22)23(21)28-6-4-9-34-3;;/h5,12,16,18-20,27H,4,6-11,13-15,17H2,1-3H3,(H,28,29);2*1H/t19-,20+;;/m1../s1. The summed E-state index contributed by atoms with van der Waals surface area (Å²) in [6.45, 7) is 10.00. The van der Waals surface area contributed by atoms with Gasteiger partial charge in [0.25, 0.3) is 5.91 Å². The highest BCUT2D eigenvalue weighted by molar-refractivity contribution is 7.17. The Morgan fingerprint density at radius 2 is 2.05 bits per heavy atom. The first kappa shape index (κ1) is 32.5. The van der Waals surface area contributed by atoms with Gasteiger partial charge in [0.05, 0.1) is 40.6 Å². The lowest BCUT2D eigenvalue weighted by atomic mass is 9.92. The van der Waals surface area contributed by atoms with Crippen LogP contribution in [0.2, 0.25) is 0 Å². The topological polar surface area (TPSA) is 96.0 Å². The van der Waals surface area contributed by atoms with Gasteiger partial charge in [0.15, 0.2) is 0 Å². The Balaban J connectivity index is 0.00000253. The number of nitrogens with one attached hydrogen (secondary N) is 2. The predicted octanol–water partition coefficient (Wildman–Crippen LogP) is 3.52. The van der Waals surface area contributed by atoms with Crippen molar-refractivity contribution < 1.29 is 19.1 Å². The highest BCUT2D eigenvalue weighted by Gasteiger charge is 2.36. The molecule has 12 heteroatoms.